The third kappa shape index (κ3) is 6.52. The number of benzene rings is 2. The van der Waals surface area contributed by atoms with Crippen molar-refractivity contribution >= 4 is 21.8 Å². The first kappa shape index (κ1) is 24.7. The van der Waals surface area contributed by atoms with Gasteiger partial charge in [-0.2, -0.15) is 4.31 Å². The summed E-state index contributed by atoms with van der Waals surface area (Å²) in [6.07, 6.45) is 2.62. The van der Waals surface area contributed by atoms with Crippen molar-refractivity contribution in [2.75, 3.05) is 20.2 Å². The summed E-state index contributed by atoms with van der Waals surface area (Å²) in [5.41, 5.74) is 0.791. The van der Waals surface area contributed by atoms with Gasteiger partial charge in [0.2, 0.25) is 10.0 Å². The normalized spacial score (nSPS) is 16.7. The molecule has 0 radical (unpaired) electrons. The van der Waals surface area contributed by atoms with Gasteiger partial charge in [0.15, 0.2) is 0 Å². The van der Waals surface area contributed by atoms with Gasteiger partial charge in [-0.05, 0) is 61.2 Å². The molecule has 3 rings (SSSR count). The van der Waals surface area contributed by atoms with Gasteiger partial charge in [-0.1, -0.05) is 18.6 Å². The number of nitrogens with zero attached hydrogens (tertiary/aromatic N) is 1. The van der Waals surface area contributed by atoms with Crippen LogP contribution in [0.3, 0.4) is 0 Å². The molecule has 2 amide bonds. The molecule has 2 N–H and O–H groups in total. The lowest BCUT2D eigenvalue weighted by Gasteiger charge is -2.34. The average molecular weight is 478 g/mol. The Bertz CT molecular complexity index is 1080. The van der Waals surface area contributed by atoms with Crippen molar-refractivity contribution in [1.29, 1.82) is 0 Å². The quantitative estimate of drug-likeness (QED) is 0.567. The van der Waals surface area contributed by atoms with Gasteiger partial charge in [-0.3, -0.25) is 9.59 Å². The minimum atomic E-state index is -3.78. The zero-order valence-corrected chi connectivity index (χ0v) is 19.2. The minimum absolute atomic E-state index is 0.0387. The molecule has 2 aromatic rings. The zero-order chi connectivity index (χ0) is 23.8. The molecule has 0 spiro atoms. The molecule has 1 atom stereocenters. The van der Waals surface area contributed by atoms with Crippen LogP contribution in [0.2, 0.25) is 0 Å². The highest BCUT2D eigenvalue weighted by Crippen LogP contribution is 2.27. The largest absolute Gasteiger partial charge is 0.497 e. The van der Waals surface area contributed by atoms with Crippen LogP contribution in [0, 0.1) is 5.82 Å². The average Bonchev–Trinajstić information content (AvgIpc) is 2.83. The molecule has 178 valence electrons. The van der Waals surface area contributed by atoms with Crippen molar-refractivity contribution in [3.8, 4) is 5.75 Å². The molecule has 0 aliphatic carbocycles. The van der Waals surface area contributed by atoms with Crippen molar-refractivity contribution in [3.63, 3.8) is 0 Å². The summed E-state index contributed by atoms with van der Waals surface area (Å²) in [7, 11) is -2.23. The van der Waals surface area contributed by atoms with Gasteiger partial charge in [0.1, 0.15) is 11.6 Å². The Balaban J connectivity index is 1.51. The number of halogens is 1. The third-order valence-electron chi connectivity index (χ3n) is 5.55. The minimum Gasteiger partial charge on any atom is -0.497 e. The molecule has 8 nitrogen and oxygen atoms in total. The second kappa shape index (κ2) is 11.2. The summed E-state index contributed by atoms with van der Waals surface area (Å²) in [6, 6.07) is 11.6. The molecule has 0 bridgehead atoms. The second-order valence-corrected chi connectivity index (χ2v) is 9.69. The Kier molecular flexibility index (Phi) is 8.40. The maximum Gasteiger partial charge on any atom is 0.309 e. The van der Waals surface area contributed by atoms with E-state index in [-0.39, 0.29) is 24.0 Å². The van der Waals surface area contributed by atoms with E-state index in [1.807, 2.05) is 0 Å². The standard InChI is InChI=1S/C23H28FN3O5S/c1-32-20-7-4-5-17(15-20)16-26-23(29)22(28)25-13-12-19-6-2-3-14-27(19)33(30,31)21-10-8-18(24)9-11-21/h4-5,7-11,15,19H,2-3,6,12-14,16H2,1H3,(H,25,28)(H,26,29)/t19-/m0/s1. The van der Waals surface area contributed by atoms with Gasteiger partial charge in [0, 0.05) is 25.7 Å². The van der Waals surface area contributed by atoms with E-state index in [1.54, 1.807) is 31.4 Å². The zero-order valence-electron chi connectivity index (χ0n) is 18.4. The lowest BCUT2D eigenvalue weighted by molar-refractivity contribution is -0.139. The summed E-state index contributed by atoms with van der Waals surface area (Å²) < 4.78 is 45.8. The van der Waals surface area contributed by atoms with Gasteiger partial charge in [-0.25, -0.2) is 12.8 Å². The van der Waals surface area contributed by atoms with E-state index in [0.717, 1.165) is 30.5 Å². The first-order valence-electron chi connectivity index (χ1n) is 10.8. The van der Waals surface area contributed by atoms with E-state index in [0.29, 0.717) is 25.1 Å². The highest BCUT2D eigenvalue weighted by Gasteiger charge is 2.33. The number of hydrogen-bond acceptors (Lipinski definition) is 5. The Morgan fingerprint density at radius 1 is 1.09 bits per heavy atom. The summed E-state index contributed by atoms with van der Waals surface area (Å²) in [5, 5.41) is 5.12. The first-order valence-corrected chi connectivity index (χ1v) is 12.2. The maximum atomic E-state index is 13.2. The molecule has 10 heteroatoms. The number of sulfonamides is 1. The number of rotatable bonds is 8. The van der Waals surface area contributed by atoms with Crippen molar-refractivity contribution in [3.05, 3.63) is 59.9 Å². The predicted octanol–water partition coefficient (Wildman–Crippen LogP) is 2.20. The Labute approximate surface area is 193 Å². The molecule has 0 saturated carbocycles. The van der Waals surface area contributed by atoms with Crippen LogP contribution in [0.4, 0.5) is 4.39 Å². The lowest BCUT2D eigenvalue weighted by atomic mass is 10.0. The summed E-state index contributed by atoms with van der Waals surface area (Å²) in [4.78, 5) is 24.3. The number of hydrogen-bond donors (Lipinski definition) is 2. The number of ether oxygens (including phenoxy) is 1. The SMILES string of the molecule is COc1cccc(CNC(=O)C(=O)NCC[C@@H]2CCCCN2S(=O)(=O)c2ccc(F)cc2)c1. The lowest BCUT2D eigenvalue weighted by Crippen LogP contribution is -2.46. The Morgan fingerprint density at radius 3 is 2.55 bits per heavy atom. The fourth-order valence-corrected chi connectivity index (χ4v) is 5.52. The fraction of sp³-hybridized carbons (Fsp3) is 0.391. The van der Waals surface area contributed by atoms with Gasteiger partial charge in [0.05, 0.1) is 12.0 Å². The molecular formula is C23H28FN3O5S. The molecule has 33 heavy (non-hydrogen) atoms. The van der Waals surface area contributed by atoms with Crippen LogP contribution in [0.5, 0.6) is 5.75 Å². The number of nitrogens with one attached hydrogen (secondary N) is 2. The molecule has 1 aliphatic rings. The van der Waals surface area contributed by atoms with Crippen LogP contribution in [-0.4, -0.2) is 50.8 Å². The van der Waals surface area contributed by atoms with Gasteiger partial charge < -0.3 is 15.4 Å². The van der Waals surface area contributed by atoms with Gasteiger partial charge in [0.25, 0.3) is 0 Å². The molecule has 1 heterocycles. The van der Waals surface area contributed by atoms with E-state index in [1.165, 1.54) is 16.4 Å². The number of carbonyl (C=O) groups is 2. The van der Waals surface area contributed by atoms with Gasteiger partial charge >= 0.3 is 11.8 Å². The number of carbonyl (C=O) groups excluding carboxylic acids is 2. The van der Waals surface area contributed by atoms with Crippen LogP contribution < -0.4 is 15.4 Å². The third-order valence-corrected chi connectivity index (χ3v) is 7.52. The van der Waals surface area contributed by atoms with E-state index in [9.17, 15) is 22.4 Å². The summed E-state index contributed by atoms with van der Waals surface area (Å²) in [5.74, 6) is -1.39. The molecule has 1 saturated heterocycles. The molecule has 0 aromatic heterocycles. The van der Waals surface area contributed by atoms with Crippen LogP contribution in [0.1, 0.15) is 31.2 Å². The van der Waals surface area contributed by atoms with Crippen molar-refractivity contribution in [2.24, 2.45) is 0 Å². The van der Waals surface area contributed by atoms with Crippen LogP contribution in [-0.2, 0) is 26.2 Å². The highest BCUT2D eigenvalue weighted by atomic mass is 32.2. The number of methoxy groups -OCH3 is 1. The summed E-state index contributed by atoms with van der Waals surface area (Å²) in [6.45, 7) is 0.695. The molecular weight excluding hydrogens is 449 g/mol. The maximum absolute atomic E-state index is 13.2. The fourth-order valence-electron chi connectivity index (χ4n) is 3.80. The van der Waals surface area contributed by atoms with E-state index < -0.39 is 27.7 Å². The van der Waals surface area contributed by atoms with Crippen molar-refractivity contribution in [1.82, 2.24) is 14.9 Å². The molecule has 1 aliphatic heterocycles. The van der Waals surface area contributed by atoms with Crippen molar-refractivity contribution in [2.45, 2.75) is 43.2 Å². The number of amides is 2. The second-order valence-electron chi connectivity index (χ2n) is 7.80. The van der Waals surface area contributed by atoms with Gasteiger partial charge in [-0.15, -0.1) is 0 Å². The molecule has 1 fully saturated rings. The van der Waals surface area contributed by atoms with Crippen molar-refractivity contribution < 1.29 is 27.1 Å². The Hall–Kier alpha value is -2.98. The monoisotopic (exact) mass is 477 g/mol. The van der Waals surface area contributed by atoms with E-state index in [2.05, 4.69) is 10.6 Å². The van der Waals surface area contributed by atoms with E-state index >= 15 is 0 Å². The van der Waals surface area contributed by atoms with Crippen LogP contribution in [0.25, 0.3) is 0 Å². The smallest absolute Gasteiger partial charge is 0.309 e. The predicted molar refractivity (Wildman–Crippen MR) is 120 cm³/mol. The van der Waals surface area contributed by atoms with Crippen LogP contribution in [0.15, 0.2) is 53.4 Å². The number of piperidine rings is 1. The topological polar surface area (TPSA) is 105 Å². The van der Waals surface area contributed by atoms with Crippen LogP contribution >= 0.6 is 0 Å². The Morgan fingerprint density at radius 2 is 1.82 bits per heavy atom. The molecule has 0 unspecified atom stereocenters. The molecule has 2 aromatic carbocycles. The van der Waals surface area contributed by atoms with E-state index in [4.69, 9.17) is 4.74 Å². The first-order chi connectivity index (χ1) is 15.8. The highest BCUT2D eigenvalue weighted by molar-refractivity contribution is 7.89. The summed E-state index contributed by atoms with van der Waals surface area (Å²) >= 11 is 0.